The summed E-state index contributed by atoms with van der Waals surface area (Å²) in [5, 5.41) is 0. The van der Waals surface area contributed by atoms with Crippen molar-refractivity contribution in [1.29, 1.82) is 0 Å². The SMILES string of the molecule is CCOc1ccc(CN(C)C(=O)c2ccoc2)cc1. The summed E-state index contributed by atoms with van der Waals surface area (Å²) >= 11 is 0. The third-order valence-electron chi connectivity index (χ3n) is 2.77. The fraction of sp³-hybridized carbons (Fsp3) is 0.267. The lowest BCUT2D eigenvalue weighted by Crippen LogP contribution is -2.25. The monoisotopic (exact) mass is 259 g/mol. The van der Waals surface area contributed by atoms with Crippen LogP contribution in [0, 0.1) is 0 Å². The van der Waals surface area contributed by atoms with Crippen molar-refractivity contribution >= 4 is 5.91 Å². The standard InChI is InChI=1S/C15H17NO3/c1-3-19-14-6-4-12(5-7-14)10-16(2)15(17)13-8-9-18-11-13/h4-9,11H,3,10H2,1-2H3. The number of hydrogen-bond acceptors (Lipinski definition) is 3. The zero-order valence-electron chi connectivity index (χ0n) is 11.1. The molecule has 0 N–H and O–H groups in total. The van der Waals surface area contributed by atoms with E-state index >= 15 is 0 Å². The van der Waals surface area contributed by atoms with Crippen LogP contribution in [0.3, 0.4) is 0 Å². The highest BCUT2D eigenvalue weighted by atomic mass is 16.5. The Balaban J connectivity index is 1.98. The third-order valence-corrected chi connectivity index (χ3v) is 2.77. The predicted molar refractivity (Wildman–Crippen MR) is 72.1 cm³/mol. The molecule has 0 unspecified atom stereocenters. The van der Waals surface area contributed by atoms with Crippen molar-refractivity contribution in [3.05, 3.63) is 54.0 Å². The topological polar surface area (TPSA) is 42.7 Å². The molecule has 19 heavy (non-hydrogen) atoms. The van der Waals surface area contributed by atoms with E-state index < -0.39 is 0 Å². The van der Waals surface area contributed by atoms with Gasteiger partial charge >= 0.3 is 0 Å². The van der Waals surface area contributed by atoms with E-state index in [1.54, 1.807) is 18.0 Å². The second-order valence-electron chi connectivity index (χ2n) is 4.25. The molecule has 0 fully saturated rings. The number of carbonyl (C=O) groups is 1. The van der Waals surface area contributed by atoms with Crippen molar-refractivity contribution in [1.82, 2.24) is 4.90 Å². The molecule has 4 nitrogen and oxygen atoms in total. The average molecular weight is 259 g/mol. The molecule has 0 atom stereocenters. The van der Waals surface area contributed by atoms with E-state index in [1.165, 1.54) is 12.5 Å². The Hall–Kier alpha value is -2.23. The van der Waals surface area contributed by atoms with Crippen molar-refractivity contribution in [2.24, 2.45) is 0 Å². The normalized spacial score (nSPS) is 10.2. The number of amides is 1. The van der Waals surface area contributed by atoms with Gasteiger partial charge in [0.05, 0.1) is 18.4 Å². The van der Waals surface area contributed by atoms with Gasteiger partial charge in [-0.15, -0.1) is 0 Å². The molecule has 1 aromatic heterocycles. The summed E-state index contributed by atoms with van der Waals surface area (Å²) in [5.41, 5.74) is 1.62. The van der Waals surface area contributed by atoms with Crippen LogP contribution in [0.4, 0.5) is 0 Å². The maximum atomic E-state index is 12.0. The van der Waals surface area contributed by atoms with E-state index in [2.05, 4.69) is 0 Å². The molecule has 0 aliphatic heterocycles. The van der Waals surface area contributed by atoms with Crippen LogP contribution in [0.25, 0.3) is 0 Å². The van der Waals surface area contributed by atoms with Crippen molar-refractivity contribution in [2.45, 2.75) is 13.5 Å². The highest BCUT2D eigenvalue weighted by Crippen LogP contribution is 2.14. The van der Waals surface area contributed by atoms with Crippen molar-refractivity contribution in [3.8, 4) is 5.75 Å². The van der Waals surface area contributed by atoms with Crippen LogP contribution in [0.5, 0.6) is 5.75 Å². The molecule has 1 amide bonds. The Labute approximate surface area is 112 Å². The van der Waals surface area contributed by atoms with Crippen LogP contribution >= 0.6 is 0 Å². The first-order chi connectivity index (χ1) is 9.20. The third kappa shape index (κ3) is 3.37. The van der Waals surface area contributed by atoms with E-state index in [9.17, 15) is 4.79 Å². The molecule has 1 aromatic carbocycles. The van der Waals surface area contributed by atoms with Crippen molar-refractivity contribution in [3.63, 3.8) is 0 Å². The molecular formula is C15H17NO3. The average Bonchev–Trinajstić information content (AvgIpc) is 2.94. The molecule has 2 rings (SSSR count). The maximum Gasteiger partial charge on any atom is 0.257 e. The van der Waals surface area contributed by atoms with E-state index in [0.29, 0.717) is 18.7 Å². The minimum absolute atomic E-state index is 0.0531. The highest BCUT2D eigenvalue weighted by molar-refractivity contribution is 5.93. The van der Waals surface area contributed by atoms with Gasteiger partial charge in [-0.1, -0.05) is 12.1 Å². The molecule has 1 heterocycles. The van der Waals surface area contributed by atoms with Crippen LogP contribution in [0.1, 0.15) is 22.8 Å². The van der Waals surface area contributed by atoms with E-state index in [4.69, 9.17) is 9.15 Å². The molecule has 100 valence electrons. The molecule has 2 aromatic rings. The summed E-state index contributed by atoms with van der Waals surface area (Å²) in [6.07, 6.45) is 2.95. The number of carbonyl (C=O) groups excluding carboxylic acids is 1. The number of hydrogen-bond donors (Lipinski definition) is 0. The van der Waals surface area contributed by atoms with Gasteiger partial charge in [0.1, 0.15) is 12.0 Å². The molecule has 0 radical (unpaired) electrons. The molecular weight excluding hydrogens is 242 g/mol. The second kappa shape index (κ2) is 6.09. The lowest BCUT2D eigenvalue weighted by atomic mass is 10.2. The van der Waals surface area contributed by atoms with E-state index in [0.717, 1.165) is 11.3 Å². The first-order valence-corrected chi connectivity index (χ1v) is 6.20. The Morgan fingerprint density at radius 2 is 2.00 bits per heavy atom. The Morgan fingerprint density at radius 1 is 1.26 bits per heavy atom. The lowest BCUT2D eigenvalue weighted by molar-refractivity contribution is 0.0784. The van der Waals surface area contributed by atoms with Crippen LogP contribution in [-0.4, -0.2) is 24.5 Å². The highest BCUT2D eigenvalue weighted by Gasteiger charge is 2.12. The molecule has 0 bridgehead atoms. The van der Waals surface area contributed by atoms with Gasteiger partial charge < -0.3 is 14.1 Å². The fourth-order valence-electron chi connectivity index (χ4n) is 1.81. The van der Waals surface area contributed by atoms with Gasteiger partial charge in [0, 0.05) is 13.6 Å². The first-order valence-electron chi connectivity index (χ1n) is 6.20. The lowest BCUT2D eigenvalue weighted by Gasteiger charge is -2.16. The number of ether oxygens (including phenoxy) is 1. The molecule has 0 spiro atoms. The Morgan fingerprint density at radius 3 is 2.58 bits per heavy atom. The smallest absolute Gasteiger partial charge is 0.257 e. The Bertz CT molecular complexity index is 517. The molecule has 0 aliphatic carbocycles. The van der Waals surface area contributed by atoms with Crippen molar-refractivity contribution in [2.75, 3.05) is 13.7 Å². The van der Waals surface area contributed by atoms with Gasteiger partial charge in [-0.2, -0.15) is 0 Å². The van der Waals surface area contributed by atoms with Crippen LogP contribution in [0.2, 0.25) is 0 Å². The summed E-state index contributed by atoms with van der Waals surface area (Å²) in [6.45, 7) is 3.15. The zero-order valence-corrected chi connectivity index (χ0v) is 11.1. The predicted octanol–water partition coefficient (Wildman–Crippen LogP) is 2.95. The van der Waals surface area contributed by atoms with E-state index in [1.807, 2.05) is 31.2 Å². The minimum atomic E-state index is -0.0531. The summed E-state index contributed by atoms with van der Waals surface area (Å²) < 4.78 is 10.3. The molecule has 4 heteroatoms. The van der Waals surface area contributed by atoms with Gasteiger partial charge in [-0.3, -0.25) is 4.79 Å². The van der Waals surface area contributed by atoms with Crippen LogP contribution in [-0.2, 0) is 6.54 Å². The second-order valence-corrected chi connectivity index (χ2v) is 4.25. The number of furan rings is 1. The summed E-state index contributed by atoms with van der Waals surface area (Å²) in [5.74, 6) is 0.790. The van der Waals surface area contributed by atoms with Gasteiger partial charge in [0.25, 0.3) is 5.91 Å². The zero-order chi connectivity index (χ0) is 13.7. The van der Waals surface area contributed by atoms with Gasteiger partial charge in [-0.05, 0) is 30.7 Å². The minimum Gasteiger partial charge on any atom is -0.494 e. The fourth-order valence-corrected chi connectivity index (χ4v) is 1.81. The summed E-state index contributed by atoms with van der Waals surface area (Å²) in [4.78, 5) is 13.7. The van der Waals surface area contributed by atoms with Crippen LogP contribution in [0.15, 0.2) is 47.3 Å². The van der Waals surface area contributed by atoms with Gasteiger partial charge in [-0.25, -0.2) is 0 Å². The maximum absolute atomic E-state index is 12.0. The number of benzene rings is 1. The molecule has 0 saturated carbocycles. The van der Waals surface area contributed by atoms with E-state index in [-0.39, 0.29) is 5.91 Å². The van der Waals surface area contributed by atoms with Gasteiger partial charge in [0.2, 0.25) is 0 Å². The number of nitrogens with zero attached hydrogens (tertiary/aromatic N) is 1. The quantitative estimate of drug-likeness (QED) is 0.829. The van der Waals surface area contributed by atoms with Crippen LogP contribution < -0.4 is 4.74 Å². The summed E-state index contributed by atoms with van der Waals surface area (Å²) in [7, 11) is 1.77. The van der Waals surface area contributed by atoms with Crippen molar-refractivity contribution < 1.29 is 13.9 Å². The summed E-state index contributed by atoms with van der Waals surface area (Å²) in [6, 6.07) is 9.41. The first kappa shape index (κ1) is 13.2. The van der Waals surface area contributed by atoms with Gasteiger partial charge in [0.15, 0.2) is 0 Å². The molecule has 0 saturated heterocycles. The Kier molecular flexibility index (Phi) is 4.23. The number of rotatable bonds is 5. The largest absolute Gasteiger partial charge is 0.494 e. The molecule has 0 aliphatic rings.